The number of nitrogens with two attached hydrogens (primary N) is 1. The van der Waals surface area contributed by atoms with Crippen LogP contribution in [-0.2, 0) is 0 Å². The molecule has 1 atom stereocenters. The summed E-state index contributed by atoms with van der Waals surface area (Å²) in [5.74, 6) is -1.39. The second-order valence-corrected chi connectivity index (χ2v) is 4.69. The predicted molar refractivity (Wildman–Crippen MR) is 68.9 cm³/mol. The molecule has 18 heavy (non-hydrogen) atoms. The van der Waals surface area contributed by atoms with Crippen LogP contribution < -0.4 is 5.73 Å². The number of hydrogen-bond donors (Lipinski definition) is 1. The smallest absolute Gasteiger partial charge is 0.131 e. The van der Waals surface area contributed by atoms with E-state index in [1.165, 1.54) is 24.3 Å². The van der Waals surface area contributed by atoms with Gasteiger partial charge < -0.3 is 5.73 Å². The van der Waals surface area contributed by atoms with E-state index in [0.717, 1.165) is 12.1 Å². The second kappa shape index (κ2) is 5.22. The van der Waals surface area contributed by atoms with Crippen LogP contribution in [0.4, 0.5) is 8.78 Å². The van der Waals surface area contributed by atoms with Gasteiger partial charge in [0.05, 0.1) is 6.04 Å². The van der Waals surface area contributed by atoms with Gasteiger partial charge in [-0.1, -0.05) is 29.3 Å². The fourth-order valence-electron chi connectivity index (χ4n) is 1.73. The molecule has 0 aliphatic heterocycles. The molecule has 1 nitrogen and oxygen atoms in total. The maximum absolute atomic E-state index is 13.6. The molecule has 2 aromatic rings. The summed E-state index contributed by atoms with van der Waals surface area (Å²) in [7, 11) is 0. The van der Waals surface area contributed by atoms with Crippen LogP contribution >= 0.6 is 23.2 Å². The van der Waals surface area contributed by atoms with Crippen LogP contribution in [0.1, 0.15) is 17.2 Å². The first-order chi connectivity index (χ1) is 8.49. The molecular formula is C13H9Cl2F2N. The molecule has 0 heterocycles. The lowest BCUT2D eigenvalue weighted by Crippen LogP contribution is -2.15. The molecule has 0 saturated carbocycles. The minimum absolute atomic E-state index is 0.198. The van der Waals surface area contributed by atoms with Crippen molar-refractivity contribution < 1.29 is 8.78 Å². The van der Waals surface area contributed by atoms with Crippen molar-refractivity contribution in [1.29, 1.82) is 0 Å². The van der Waals surface area contributed by atoms with Crippen LogP contribution in [0.5, 0.6) is 0 Å². The highest BCUT2D eigenvalue weighted by Gasteiger charge is 2.18. The molecule has 2 N–H and O–H groups in total. The molecule has 0 aliphatic carbocycles. The molecular weight excluding hydrogens is 279 g/mol. The van der Waals surface area contributed by atoms with Gasteiger partial charge in [-0.3, -0.25) is 0 Å². The van der Waals surface area contributed by atoms with Crippen LogP contribution in [0.2, 0.25) is 10.0 Å². The highest BCUT2D eigenvalue weighted by molar-refractivity contribution is 6.34. The Morgan fingerprint density at radius 2 is 1.44 bits per heavy atom. The van der Waals surface area contributed by atoms with E-state index >= 15 is 0 Å². The topological polar surface area (TPSA) is 26.0 Å². The van der Waals surface area contributed by atoms with Gasteiger partial charge >= 0.3 is 0 Å². The van der Waals surface area contributed by atoms with Gasteiger partial charge in [0.15, 0.2) is 0 Å². The largest absolute Gasteiger partial charge is 0.320 e. The summed E-state index contributed by atoms with van der Waals surface area (Å²) in [6.45, 7) is 0. The van der Waals surface area contributed by atoms with Crippen molar-refractivity contribution in [2.75, 3.05) is 0 Å². The van der Waals surface area contributed by atoms with Crippen LogP contribution in [0.3, 0.4) is 0 Å². The van der Waals surface area contributed by atoms with Crippen LogP contribution in [0, 0.1) is 11.6 Å². The van der Waals surface area contributed by atoms with Gasteiger partial charge in [-0.05, 0) is 35.9 Å². The molecule has 0 amide bonds. The number of benzene rings is 2. The summed E-state index contributed by atoms with van der Waals surface area (Å²) >= 11 is 11.7. The van der Waals surface area contributed by atoms with E-state index < -0.39 is 17.7 Å². The van der Waals surface area contributed by atoms with E-state index in [9.17, 15) is 8.78 Å². The van der Waals surface area contributed by atoms with Crippen molar-refractivity contribution in [2.45, 2.75) is 6.04 Å². The molecule has 2 aromatic carbocycles. The minimum atomic E-state index is -0.956. The summed E-state index contributed by atoms with van der Waals surface area (Å²) in [5, 5.41) is 0.731. The van der Waals surface area contributed by atoms with Crippen LogP contribution in [-0.4, -0.2) is 0 Å². The molecule has 0 radical (unpaired) electrons. The molecule has 0 aliphatic rings. The van der Waals surface area contributed by atoms with Gasteiger partial charge in [0.25, 0.3) is 0 Å². The average Bonchev–Trinajstić information content (AvgIpc) is 2.27. The lowest BCUT2D eigenvalue weighted by Gasteiger charge is -2.15. The zero-order valence-corrected chi connectivity index (χ0v) is 10.6. The van der Waals surface area contributed by atoms with Gasteiger partial charge in [-0.25, -0.2) is 8.78 Å². The molecule has 0 bridgehead atoms. The van der Waals surface area contributed by atoms with E-state index in [2.05, 4.69) is 0 Å². The Bertz CT molecular complexity index is 547. The fourth-order valence-corrected chi connectivity index (χ4v) is 2.27. The maximum Gasteiger partial charge on any atom is 0.131 e. The lowest BCUT2D eigenvalue weighted by molar-refractivity contribution is 0.543. The Balaban J connectivity index is 2.51. The quantitative estimate of drug-likeness (QED) is 0.875. The molecule has 2 rings (SSSR count). The molecule has 5 heteroatoms. The Labute approximate surface area is 113 Å². The maximum atomic E-state index is 13.6. The van der Waals surface area contributed by atoms with E-state index in [0.29, 0.717) is 15.6 Å². The van der Waals surface area contributed by atoms with Crippen molar-refractivity contribution in [3.05, 3.63) is 69.2 Å². The summed E-state index contributed by atoms with van der Waals surface area (Å²) in [6, 6.07) is 7.23. The van der Waals surface area contributed by atoms with E-state index in [1.807, 2.05) is 0 Å². The highest BCUT2D eigenvalue weighted by Crippen LogP contribution is 2.28. The molecule has 0 saturated heterocycles. The first kappa shape index (κ1) is 13.3. The Kier molecular flexibility index (Phi) is 3.85. The Hall–Kier alpha value is -1.16. The van der Waals surface area contributed by atoms with Gasteiger partial charge in [0.2, 0.25) is 0 Å². The van der Waals surface area contributed by atoms with Crippen molar-refractivity contribution in [3.8, 4) is 0 Å². The van der Waals surface area contributed by atoms with Crippen LogP contribution in [0.25, 0.3) is 0 Å². The molecule has 0 fully saturated rings. The Morgan fingerprint density at radius 3 is 1.94 bits per heavy atom. The molecule has 1 unspecified atom stereocenters. The lowest BCUT2D eigenvalue weighted by atomic mass is 9.98. The average molecular weight is 288 g/mol. The van der Waals surface area contributed by atoms with Crippen molar-refractivity contribution >= 4 is 23.2 Å². The van der Waals surface area contributed by atoms with Gasteiger partial charge in [0, 0.05) is 15.6 Å². The first-order valence-corrected chi connectivity index (χ1v) is 5.90. The molecule has 0 spiro atoms. The highest BCUT2D eigenvalue weighted by atomic mass is 35.5. The molecule has 0 aromatic heterocycles. The third-order valence-electron chi connectivity index (χ3n) is 2.55. The van der Waals surface area contributed by atoms with Crippen molar-refractivity contribution in [2.24, 2.45) is 5.73 Å². The van der Waals surface area contributed by atoms with E-state index in [4.69, 9.17) is 28.9 Å². The number of rotatable bonds is 2. The van der Waals surface area contributed by atoms with Gasteiger partial charge in [-0.2, -0.15) is 0 Å². The van der Waals surface area contributed by atoms with E-state index in [1.54, 1.807) is 0 Å². The summed E-state index contributed by atoms with van der Waals surface area (Å²) in [5.41, 5.74) is 6.12. The zero-order chi connectivity index (χ0) is 13.3. The normalized spacial score (nSPS) is 12.5. The van der Waals surface area contributed by atoms with Gasteiger partial charge in [-0.15, -0.1) is 0 Å². The summed E-state index contributed by atoms with van der Waals surface area (Å²) in [4.78, 5) is 0. The monoisotopic (exact) mass is 287 g/mol. The Morgan fingerprint density at radius 1 is 0.944 bits per heavy atom. The third kappa shape index (κ3) is 2.64. The van der Waals surface area contributed by atoms with Crippen LogP contribution in [0.15, 0.2) is 36.4 Å². The molecule has 94 valence electrons. The van der Waals surface area contributed by atoms with Gasteiger partial charge in [0.1, 0.15) is 11.6 Å². The fraction of sp³-hybridized carbons (Fsp3) is 0.0769. The SMILES string of the molecule is NC(c1cc(Cl)cc(Cl)c1)c1c(F)cccc1F. The summed E-state index contributed by atoms with van der Waals surface area (Å²) < 4.78 is 27.2. The van der Waals surface area contributed by atoms with Crippen molar-refractivity contribution in [3.63, 3.8) is 0 Å². The number of halogens is 4. The van der Waals surface area contributed by atoms with Crippen molar-refractivity contribution in [1.82, 2.24) is 0 Å². The first-order valence-electron chi connectivity index (χ1n) is 5.14. The standard InChI is InChI=1S/C13H9Cl2F2N/c14-8-4-7(5-9(15)6-8)13(18)12-10(16)2-1-3-11(12)17/h1-6,13H,18H2. The predicted octanol–water partition coefficient (Wildman–Crippen LogP) is 4.32. The number of hydrogen-bond acceptors (Lipinski definition) is 1. The van der Waals surface area contributed by atoms with E-state index in [-0.39, 0.29) is 5.56 Å². The third-order valence-corrected chi connectivity index (χ3v) is 2.99. The summed E-state index contributed by atoms with van der Waals surface area (Å²) in [6.07, 6.45) is 0. The zero-order valence-electron chi connectivity index (χ0n) is 9.13. The minimum Gasteiger partial charge on any atom is -0.320 e. The second-order valence-electron chi connectivity index (χ2n) is 3.82.